The van der Waals surface area contributed by atoms with Gasteiger partial charge in [0.1, 0.15) is 5.69 Å². The SMILES string of the molecule is CC(C)(C)C(=O)ON1CCC(C(=O)c2ccccn2)CC1. The van der Waals surface area contributed by atoms with Crippen LogP contribution < -0.4 is 0 Å². The second-order valence-electron chi connectivity index (χ2n) is 6.41. The summed E-state index contributed by atoms with van der Waals surface area (Å²) in [5.41, 5.74) is 0.00306. The molecule has 1 aromatic heterocycles. The highest BCUT2D eigenvalue weighted by atomic mass is 16.7. The van der Waals surface area contributed by atoms with Gasteiger partial charge < -0.3 is 4.84 Å². The maximum absolute atomic E-state index is 12.3. The predicted octanol–water partition coefficient (Wildman–Crippen LogP) is 2.48. The Morgan fingerprint density at radius 1 is 1.24 bits per heavy atom. The molecule has 0 aromatic carbocycles. The number of hydroxylamine groups is 2. The molecule has 0 bridgehead atoms. The van der Waals surface area contributed by atoms with E-state index in [1.807, 2.05) is 26.8 Å². The van der Waals surface area contributed by atoms with Gasteiger partial charge in [-0.3, -0.25) is 9.78 Å². The maximum atomic E-state index is 12.3. The summed E-state index contributed by atoms with van der Waals surface area (Å²) in [4.78, 5) is 33.6. The molecule has 0 unspecified atom stereocenters. The summed E-state index contributed by atoms with van der Waals surface area (Å²) in [6, 6.07) is 5.36. The van der Waals surface area contributed by atoms with Crippen LogP contribution in [0.15, 0.2) is 24.4 Å². The fraction of sp³-hybridized carbons (Fsp3) is 0.562. The van der Waals surface area contributed by atoms with Gasteiger partial charge in [-0.15, -0.1) is 5.06 Å². The van der Waals surface area contributed by atoms with Gasteiger partial charge in [0, 0.05) is 25.2 Å². The minimum absolute atomic E-state index is 0.0375. The van der Waals surface area contributed by atoms with Crippen molar-refractivity contribution in [3.63, 3.8) is 0 Å². The van der Waals surface area contributed by atoms with E-state index in [0.29, 0.717) is 31.6 Å². The number of carbonyl (C=O) groups is 2. The lowest BCUT2D eigenvalue weighted by atomic mass is 9.91. The number of ketones is 1. The minimum atomic E-state index is -0.513. The van der Waals surface area contributed by atoms with Gasteiger partial charge in [0.2, 0.25) is 0 Å². The fourth-order valence-electron chi connectivity index (χ4n) is 2.18. The molecule has 2 rings (SSSR count). The molecule has 5 heteroatoms. The van der Waals surface area contributed by atoms with Crippen LogP contribution in [0.4, 0.5) is 0 Å². The second kappa shape index (κ2) is 6.35. The van der Waals surface area contributed by atoms with E-state index in [4.69, 9.17) is 4.84 Å². The van der Waals surface area contributed by atoms with Crippen molar-refractivity contribution in [2.45, 2.75) is 33.6 Å². The molecule has 0 spiro atoms. The number of carbonyl (C=O) groups excluding carboxylic acids is 2. The Balaban J connectivity index is 1.86. The molecule has 1 fully saturated rings. The Bertz CT molecular complexity index is 500. The normalized spacial score (nSPS) is 17.5. The highest BCUT2D eigenvalue weighted by molar-refractivity contribution is 5.96. The molecule has 0 atom stereocenters. The van der Waals surface area contributed by atoms with Crippen LogP contribution in [0, 0.1) is 11.3 Å². The Labute approximate surface area is 125 Å². The van der Waals surface area contributed by atoms with Crippen LogP contribution in [0.2, 0.25) is 0 Å². The van der Waals surface area contributed by atoms with Crippen molar-refractivity contribution in [3.05, 3.63) is 30.1 Å². The molecule has 0 saturated carbocycles. The van der Waals surface area contributed by atoms with Crippen LogP contribution in [-0.4, -0.2) is 34.9 Å². The van der Waals surface area contributed by atoms with E-state index in [2.05, 4.69) is 4.98 Å². The molecule has 21 heavy (non-hydrogen) atoms. The average molecular weight is 290 g/mol. The van der Waals surface area contributed by atoms with Crippen LogP contribution in [-0.2, 0) is 9.63 Å². The van der Waals surface area contributed by atoms with E-state index >= 15 is 0 Å². The van der Waals surface area contributed by atoms with Crippen molar-refractivity contribution < 1.29 is 14.4 Å². The number of rotatable bonds is 3. The summed E-state index contributed by atoms with van der Waals surface area (Å²) in [7, 11) is 0. The van der Waals surface area contributed by atoms with Gasteiger partial charge in [0.15, 0.2) is 5.78 Å². The van der Waals surface area contributed by atoms with Crippen molar-refractivity contribution in [2.24, 2.45) is 11.3 Å². The maximum Gasteiger partial charge on any atom is 0.330 e. The Morgan fingerprint density at radius 2 is 1.90 bits per heavy atom. The van der Waals surface area contributed by atoms with Gasteiger partial charge in [0.05, 0.1) is 5.41 Å². The average Bonchev–Trinajstić information content (AvgIpc) is 2.47. The van der Waals surface area contributed by atoms with Gasteiger partial charge in [0.25, 0.3) is 0 Å². The van der Waals surface area contributed by atoms with Crippen molar-refractivity contribution in [2.75, 3.05) is 13.1 Å². The van der Waals surface area contributed by atoms with E-state index in [1.165, 1.54) is 0 Å². The molecule has 5 nitrogen and oxygen atoms in total. The van der Waals surface area contributed by atoms with E-state index < -0.39 is 5.41 Å². The van der Waals surface area contributed by atoms with Gasteiger partial charge in [-0.05, 0) is 45.7 Å². The molecular weight excluding hydrogens is 268 g/mol. The van der Waals surface area contributed by atoms with Crippen molar-refractivity contribution in [1.82, 2.24) is 10.0 Å². The number of pyridine rings is 1. The molecule has 1 aromatic rings. The topological polar surface area (TPSA) is 59.5 Å². The monoisotopic (exact) mass is 290 g/mol. The predicted molar refractivity (Wildman–Crippen MR) is 78.4 cm³/mol. The fourth-order valence-corrected chi connectivity index (χ4v) is 2.18. The Morgan fingerprint density at radius 3 is 2.43 bits per heavy atom. The number of piperidine rings is 1. The molecule has 0 radical (unpaired) electrons. The zero-order valence-corrected chi connectivity index (χ0v) is 12.8. The van der Waals surface area contributed by atoms with E-state index in [9.17, 15) is 9.59 Å². The molecule has 0 amide bonds. The summed E-state index contributed by atoms with van der Waals surface area (Å²) < 4.78 is 0. The molecule has 114 valence electrons. The molecule has 0 aliphatic carbocycles. The highest BCUT2D eigenvalue weighted by Gasteiger charge is 2.31. The van der Waals surface area contributed by atoms with Crippen LogP contribution in [0.5, 0.6) is 0 Å². The molecule has 2 heterocycles. The smallest absolute Gasteiger partial charge is 0.330 e. The van der Waals surface area contributed by atoms with Gasteiger partial charge >= 0.3 is 5.97 Å². The largest absolute Gasteiger partial charge is 0.367 e. The van der Waals surface area contributed by atoms with Gasteiger partial charge in [-0.1, -0.05) is 6.07 Å². The molecule has 1 aliphatic rings. The first-order valence-electron chi connectivity index (χ1n) is 7.30. The first-order valence-corrected chi connectivity index (χ1v) is 7.30. The van der Waals surface area contributed by atoms with Crippen LogP contribution in [0.1, 0.15) is 44.1 Å². The Hall–Kier alpha value is -1.75. The van der Waals surface area contributed by atoms with E-state index in [-0.39, 0.29) is 17.7 Å². The second-order valence-corrected chi connectivity index (χ2v) is 6.41. The summed E-state index contributed by atoms with van der Waals surface area (Å²) >= 11 is 0. The minimum Gasteiger partial charge on any atom is -0.367 e. The van der Waals surface area contributed by atoms with Crippen molar-refractivity contribution in [1.29, 1.82) is 0 Å². The Kier molecular flexibility index (Phi) is 4.73. The summed E-state index contributed by atoms with van der Waals surface area (Å²) in [6.07, 6.45) is 3.01. The molecule has 1 saturated heterocycles. The summed E-state index contributed by atoms with van der Waals surface area (Å²) in [5.74, 6) is -0.195. The number of hydrogen-bond donors (Lipinski definition) is 0. The van der Waals surface area contributed by atoms with Crippen molar-refractivity contribution >= 4 is 11.8 Å². The quantitative estimate of drug-likeness (QED) is 0.800. The third-order valence-electron chi connectivity index (χ3n) is 3.57. The lowest BCUT2D eigenvalue weighted by molar-refractivity contribution is -0.205. The molecule has 1 aliphatic heterocycles. The van der Waals surface area contributed by atoms with E-state index in [1.54, 1.807) is 23.4 Å². The van der Waals surface area contributed by atoms with E-state index in [0.717, 1.165) is 0 Å². The number of nitrogens with zero attached hydrogens (tertiary/aromatic N) is 2. The van der Waals surface area contributed by atoms with Crippen LogP contribution >= 0.6 is 0 Å². The first kappa shape index (κ1) is 15.6. The zero-order chi connectivity index (χ0) is 15.5. The first-order chi connectivity index (χ1) is 9.88. The lowest BCUT2D eigenvalue weighted by Crippen LogP contribution is -2.40. The third-order valence-corrected chi connectivity index (χ3v) is 3.57. The van der Waals surface area contributed by atoms with Crippen molar-refractivity contribution in [3.8, 4) is 0 Å². The molecule has 0 N–H and O–H groups in total. The molecular formula is C16H22N2O3. The standard InChI is InChI=1S/C16H22N2O3/c1-16(2,3)15(20)21-18-10-7-12(8-11-18)14(19)13-6-4-5-9-17-13/h4-6,9,12H,7-8,10-11H2,1-3H3. The van der Waals surface area contributed by atoms with Gasteiger partial charge in [-0.2, -0.15) is 0 Å². The van der Waals surface area contributed by atoms with Gasteiger partial charge in [-0.25, -0.2) is 4.79 Å². The third kappa shape index (κ3) is 4.11. The number of Topliss-reactive ketones (excluding diaryl/α,β-unsaturated/α-hetero) is 1. The number of aromatic nitrogens is 1. The lowest BCUT2D eigenvalue weighted by Gasteiger charge is -2.31. The summed E-state index contributed by atoms with van der Waals surface area (Å²) in [5, 5.41) is 1.66. The summed E-state index contributed by atoms with van der Waals surface area (Å²) in [6.45, 7) is 6.65. The highest BCUT2D eigenvalue weighted by Crippen LogP contribution is 2.23. The van der Waals surface area contributed by atoms with Crippen LogP contribution in [0.3, 0.4) is 0 Å². The number of hydrogen-bond acceptors (Lipinski definition) is 5. The zero-order valence-electron chi connectivity index (χ0n) is 12.8. The van der Waals surface area contributed by atoms with Crippen LogP contribution in [0.25, 0.3) is 0 Å².